The Bertz CT molecular complexity index is 1280. The lowest BCUT2D eigenvalue weighted by atomic mass is 9.81. The van der Waals surface area contributed by atoms with E-state index in [9.17, 15) is 23.6 Å². The highest BCUT2D eigenvalue weighted by Crippen LogP contribution is 2.38. The summed E-state index contributed by atoms with van der Waals surface area (Å²) in [5.74, 6) is -4.13. The number of pyridine rings is 1. The number of benzene rings is 1. The Morgan fingerprint density at radius 3 is 2.49 bits per heavy atom. The molecule has 2 N–H and O–H groups in total. The summed E-state index contributed by atoms with van der Waals surface area (Å²) in [7, 11) is 0. The van der Waals surface area contributed by atoms with E-state index in [1.807, 2.05) is 13.8 Å². The van der Waals surface area contributed by atoms with Crippen molar-refractivity contribution in [3.05, 3.63) is 71.0 Å². The normalized spacial score (nSPS) is 16.2. The second kappa shape index (κ2) is 10.7. The second-order valence-electron chi connectivity index (χ2n) is 9.53. The molecule has 8 nitrogen and oxygen atoms in total. The van der Waals surface area contributed by atoms with Crippen molar-refractivity contribution in [2.75, 3.05) is 5.32 Å². The van der Waals surface area contributed by atoms with Gasteiger partial charge in [-0.05, 0) is 61.9 Å². The number of halogens is 2. The summed E-state index contributed by atoms with van der Waals surface area (Å²) in [6, 6.07) is 9.36. The van der Waals surface area contributed by atoms with Gasteiger partial charge in [0.2, 0.25) is 11.8 Å². The molecular formula is C27H31F2N5O3. The van der Waals surface area contributed by atoms with Crippen LogP contribution in [0.4, 0.5) is 14.5 Å². The van der Waals surface area contributed by atoms with Crippen LogP contribution in [0.25, 0.3) is 11.1 Å². The van der Waals surface area contributed by atoms with Crippen molar-refractivity contribution in [1.82, 2.24) is 15.1 Å². The number of hydrogen-bond acceptors (Lipinski definition) is 4. The van der Waals surface area contributed by atoms with Crippen molar-refractivity contribution in [2.45, 2.75) is 65.0 Å². The van der Waals surface area contributed by atoms with Crippen LogP contribution in [0.5, 0.6) is 0 Å². The molecule has 0 spiro atoms. The highest BCUT2D eigenvalue weighted by molar-refractivity contribution is 6.00. The van der Waals surface area contributed by atoms with Crippen molar-refractivity contribution in [3.63, 3.8) is 0 Å². The number of hydrogen-bond donors (Lipinski definition) is 2. The minimum Gasteiger partial charge on any atom is -0.618 e. The van der Waals surface area contributed by atoms with Crippen molar-refractivity contribution in [1.29, 1.82) is 0 Å². The molecule has 4 rings (SSSR count). The van der Waals surface area contributed by atoms with Gasteiger partial charge in [-0.15, -0.1) is 0 Å². The maximum absolute atomic E-state index is 13.8. The van der Waals surface area contributed by atoms with Gasteiger partial charge in [0.15, 0.2) is 11.9 Å². The summed E-state index contributed by atoms with van der Waals surface area (Å²) in [4.78, 5) is 26.3. The molecule has 196 valence electrons. The number of aromatic nitrogens is 3. The van der Waals surface area contributed by atoms with Gasteiger partial charge in [-0.25, -0.2) is 8.78 Å². The number of nitrogens with zero attached hydrogens (tertiary/aromatic N) is 3. The van der Waals surface area contributed by atoms with E-state index in [1.165, 1.54) is 17.1 Å². The second-order valence-corrected chi connectivity index (χ2v) is 9.53. The monoisotopic (exact) mass is 511 g/mol. The predicted octanol–water partition coefficient (Wildman–Crippen LogP) is 4.38. The Hall–Kier alpha value is -3.82. The van der Waals surface area contributed by atoms with Gasteiger partial charge in [0.05, 0.1) is 5.56 Å². The highest BCUT2D eigenvalue weighted by atomic mass is 19.3. The first-order valence-corrected chi connectivity index (χ1v) is 12.4. The maximum Gasteiger partial charge on any atom is 0.270 e. The highest BCUT2D eigenvalue weighted by Gasteiger charge is 2.40. The molecule has 10 heteroatoms. The van der Waals surface area contributed by atoms with Gasteiger partial charge in [0.1, 0.15) is 11.7 Å². The Morgan fingerprint density at radius 2 is 1.84 bits per heavy atom. The summed E-state index contributed by atoms with van der Waals surface area (Å²) in [6.45, 7) is 5.98. The van der Waals surface area contributed by atoms with Crippen LogP contribution in [0.3, 0.4) is 0 Å². The van der Waals surface area contributed by atoms with Crippen LogP contribution in [0.1, 0.15) is 54.4 Å². The Labute approximate surface area is 214 Å². The number of carbonyl (C=O) groups is 2. The van der Waals surface area contributed by atoms with Crippen LogP contribution >= 0.6 is 0 Å². The van der Waals surface area contributed by atoms with Gasteiger partial charge < -0.3 is 15.8 Å². The van der Waals surface area contributed by atoms with Crippen molar-refractivity contribution in [2.24, 2.45) is 5.92 Å². The summed E-state index contributed by atoms with van der Waals surface area (Å²) in [6.07, 6.45) is 2.56. The zero-order chi connectivity index (χ0) is 26.7. The number of nitrogens with one attached hydrogen (secondary N) is 2. The maximum atomic E-state index is 13.8. The van der Waals surface area contributed by atoms with Crippen LogP contribution < -0.4 is 15.4 Å². The third kappa shape index (κ3) is 5.79. The molecule has 0 unspecified atom stereocenters. The molecule has 1 aliphatic rings. The van der Waals surface area contributed by atoms with E-state index in [1.54, 1.807) is 43.3 Å². The molecule has 0 bridgehead atoms. The van der Waals surface area contributed by atoms with Crippen molar-refractivity contribution in [3.8, 4) is 11.1 Å². The Balaban J connectivity index is 1.54. The van der Waals surface area contributed by atoms with E-state index >= 15 is 0 Å². The topological polar surface area (TPSA) is 103 Å². The molecule has 2 amide bonds. The molecular weight excluding hydrogens is 480 g/mol. The molecule has 0 radical (unpaired) electrons. The zero-order valence-corrected chi connectivity index (χ0v) is 21.1. The van der Waals surface area contributed by atoms with Crippen LogP contribution in [-0.2, 0) is 11.3 Å². The van der Waals surface area contributed by atoms with Gasteiger partial charge in [0.25, 0.3) is 5.91 Å². The molecule has 1 aliphatic carbocycles. The molecule has 1 atom stereocenters. The summed E-state index contributed by atoms with van der Waals surface area (Å²) < 4.78 is 29.9. The molecule has 2 aromatic heterocycles. The van der Waals surface area contributed by atoms with Crippen molar-refractivity contribution < 1.29 is 23.1 Å². The molecule has 3 aromatic rings. The number of rotatable bonds is 7. The molecule has 37 heavy (non-hydrogen) atoms. The van der Waals surface area contributed by atoms with Crippen LogP contribution in [0.2, 0.25) is 0 Å². The third-order valence-electron chi connectivity index (χ3n) is 7.04. The average Bonchev–Trinajstić information content (AvgIpc) is 3.35. The number of alkyl halides is 2. The largest absolute Gasteiger partial charge is 0.618 e. The van der Waals surface area contributed by atoms with Crippen LogP contribution in [0.15, 0.2) is 48.8 Å². The minimum atomic E-state index is -2.76. The number of anilines is 1. The van der Waals surface area contributed by atoms with Crippen molar-refractivity contribution >= 4 is 17.5 Å². The Kier molecular flexibility index (Phi) is 7.56. The fourth-order valence-electron chi connectivity index (χ4n) is 4.93. The van der Waals surface area contributed by atoms with Gasteiger partial charge in [-0.3, -0.25) is 14.3 Å². The fraction of sp³-hybridized carbons (Fsp3) is 0.407. The van der Waals surface area contributed by atoms with E-state index in [-0.39, 0.29) is 25.7 Å². The number of carbonyl (C=O) groups excluding carboxylic acids is 2. The fourth-order valence-corrected chi connectivity index (χ4v) is 4.93. The summed E-state index contributed by atoms with van der Waals surface area (Å²) in [5.41, 5.74) is 3.95. The van der Waals surface area contributed by atoms with E-state index < -0.39 is 29.7 Å². The van der Waals surface area contributed by atoms with Gasteiger partial charge in [0, 0.05) is 44.3 Å². The van der Waals surface area contributed by atoms with E-state index in [2.05, 4.69) is 15.7 Å². The summed E-state index contributed by atoms with van der Waals surface area (Å²) >= 11 is 0. The summed E-state index contributed by atoms with van der Waals surface area (Å²) in [5, 5.41) is 21.7. The first kappa shape index (κ1) is 26.2. The first-order chi connectivity index (χ1) is 17.6. The SMILES string of the molecule is CCn1nccc1C(=O)N[C@@H](C(=O)Nc1ccc(-c2c(C)cc[n+]([O-])c2C)cc1)C1CCC(F)(F)CC1. The number of amides is 2. The Morgan fingerprint density at radius 1 is 1.16 bits per heavy atom. The molecule has 2 heterocycles. The predicted molar refractivity (Wildman–Crippen MR) is 135 cm³/mol. The quantitative estimate of drug-likeness (QED) is 0.363. The van der Waals surface area contributed by atoms with Crippen LogP contribution in [-0.4, -0.2) is 33.6 Å². The smallest absolute Gasteiger partial charge is 0.270 e. The molecule has 0 saturated heterocycles. The third-order valence-corrected chi connectivity index (χ3v) is 7.04. The average molecular weight is 512 g/mol. The lowest BCUT2D eigenvalue weighted by Crippen LogP contribution is -2.50. The first-order valence-electron chi connectivity index (χ1n) is 12.4. The minimum absolute atomic E-state index is 0.124. The molecule has 0 aliphatic heterocycles. The molecule has 1 fully saturated rings. The standard InChI is InChI=1S/C27H31F2N5O3/c1-4-33-22(11-15-30-33)25(35)32-24(20-9-13-27(28,29)14-10-20)26(36)31-21-7-5-19(6-8-21)23-17(2)12-16-34(37)18(23)3/h5-8,11-12,15-16,20,24H,4,9-10,13-14H2,1-3H3,(H,31,36)(H,32,35)/t24-/m1/s1. The van der Waals surface area contributed by atoms with Gasteiger partial charge >= 0.3 is 0 Å². The lowest BCUT2D eigenvalue weighted by molar-refractivity contribution is -0.611. The van der Waals surface area contributed by atoms with Gasteiger partial charge in [-0.2, -0.15) is 9.83 Å². The lowest BCUT2D eigenvalue weighted by Gasteiger charge is -2.33. The van der Waals surface area contributed by atoms with Crippen LogP contribution in [0, 0.1) is 25.0 Å². The van der Waals surface area contributed by atoms with Gasteiger partial charge in [-0.1, -0.05) is 12.1 Å². The van der Waals surface area contributed by atoms with E-state index in [0.29, 0.717) is 23.6 Å². The van der Waals surface area contributed by atoms with E-state index in [4.69, 9.17) is 0 Å². The molecule has 1 aromatic carbocycles. The van der Waals surface area contributed by atoms with E-state index in [0.717, 1.165) is 21.4 Å². The molecule has 1 saturated carbocycles. The number of aryl methyl sites for hydroxylation is 2. The zero-order valence-electron chi connectivity index (χ0n) is 21.1.